The van der Waals surface area contributed by atoms with Gasteiger partial charge in [-0.05, 0) is 49.1 Å². The molecule has 0 aromatic heterocycles. The first-order valence-electron chi connectivity index (χ1n) is 8.18. The van der Waals surface area contributed by atoms with Crippen molar-refractivity contribution in [2.45, 2.75) is 57.7 Å². The summed E-state index contributed by atoms with van der Waals surface area (Å²) >= 11 is 0. The van der Waals surface area contributed by atoms with Crippen LogP contribution < -0.4 is 5.32 Å². The Balaban J connectivity index is 1.71. The van der Waals surface area contributed by atoms with Gasteiger partial charge >= 0.3 is 0 Å². The predicted molar refractivity (Wildman–Crippen MR) is 82.9 cm³/mol. The van der Waals surface area contributed by atoms with Crippen LogP contribution in [-0.2, 0) is 11.2 Å². The Labute approximate surface area is 122 Å². The van der Waals surface area contributed by atoms with Crippen molar-refractivity contribution in [1.29, 1.82) is 0 Å². The van der Waals surface area contributed by atoms with Crippen molar-refractivity contribution in [2.24, 2.45) is 5.92 Å². The van der Waals surface area contributed by atoms with Crippen LogP contribution in [-0.4, -0.2) is 18.7 Å². The van der Waals surface area contributed by atoms with Gasteiger partial charge in [0.05, 0.1) is 11.7 Å². The van der Waals surface area contributed by atoms with E-state index >= 15 is 0 Å². The molecule has 1 N–H and O–H groups in total. The molecule has 1 aliphatic heterocycles. The van der Waals surface area contributed by atoms with Gasteiger partial charge in [0, 0.05) is 13.1 Å². The minimum Gasteiger partial charge on any atom is -0.364 e. The summed E-state index contributed by atoms with van der Waals surface area (Å²) in [5.41, 5.74) is 2.82. The Morgan fingerprint density at radius 3 is 2.55 bits per heavy atom. The van der Waals surface area contributed by atoms with E-state index in [9.17, 15) is 0 Å². The fourth-order valence-electron chi connectivity index (χ4n) is 3.55. The van der Waals surface area contributed by atoms with E-state index in [0.29, 0.717) is 0 Å². The van der Waals surface area contributed by atoms with Crippen LogP contribution in [0.25, 0.3) is 0 Å². The summed E-state index contributed by atoms with van der Waals surface area (Å²) in [7, 11) is 0. The molecule has 2 aliphatic rings. The first-order valence-corrected chi connectivity index (χ1v) is 8.18. The normalized spacial score (nSPS) is 34.3. The van der Waals surface area contributed by atoms with E-state index in [-0.39, 0.29) is 11.7 Å². The minimum absolute atomic E-state index is 0.0961. The number of hydrogen-bond acceptors (Lipinski definition) is 2. The number of rotatable bonds is 2. The lowest BCUT2D eigenvalue weighted by Gasteiger charge is -2.45. The highest BCUT2D eigenvalue weighted by atomic mass is 16.5. The molecule has 3 rings (SSSR count). The summed E-state index contributed by atoms with van der Waals surface area (Å²) in [6.07, 6.45) is 6.37. The van der Waals surface area contributed by atoms with E-state index in [2.05, 4.69) is 43.4 Å². The lowest BCUT2D eigenvalue weighted by molar-refractivity contribution is -0.140. The van der Waals surface area contributed by atoms with Gasteiger partial charge in [-0.3, -0.25) is 0 Å². The van der Waals surface area contributed by atoms with Crippen molar-refractivity contribution in [3.8, 4) is 0 Å². The number of hydrogen-bond donors (Lipinski definition) is 1. The zero-order valence-electron chi connectivity index (χ0n) is 12.8. The maximum absolute atomic E-state index is 6.56. The number of morpholine rings is 1. The summed E-state index contributed by atoms with van der Waals surface area (Å²) in [6, 6.07) is 8.97. The molecular weight excluding hydrogens is 246 g/mol. The van der Waals surface area contributed by atoms with Crippen LogP contribution in [0.4, 0.5) is 0 Å². The van der Waals surface area contributed by atoms with Crippen LogP contribution in [0.3, 0.4) is 0 Å². The summed E-state index contributed by atoms with van der Waals surface area (Å²) in [4.78, 5) is 0. The van der Waals surface area contributed by atoms with E-state index in [1.165, 1.54) is 36.8 Å². The maximum atomic E-state index is 6.56. The van der Waals surface area contributed by atoms with Crippen molar-refractivity contribution in [3.05, 3.63) is 35.4 Å². The van der Waals surface area contributed by atoms with Gasteiger partial charge in [-0.25, -0.2) is 0 Å². The van der Waals surface area contributed by atoms with Gasteiger partial charge in [-0.1, -0.05) is 38.1 Å². The Kier molecular flexibility index (Phi) is 4.13. The monoisotopic (exact) mass is 273 g/mol. The van der Waals surface area contributed by atoms with Crippen molar-refractivity contribution in [3.63, 3.8) is 0 Å². The number of aryl methyl sites for hydroxylation is 1. The summed E-state index contributed by atoms with van der Waals surface area (Å²) in [5.74, 6) is 0.869. The third-order valence-corrected chi connectivity index (χ3v) is 5.11. The van der Waals surface area contributed by atoms with Crippen LogP contribution in [0, 0.1) is 5.92 Å². The smallest absolute Gasteiger partial charge is 0.0957 e. The van der Waals surface area contributed by atoms with Gasteiger partial charge in [0.2, 0.25) is 0 Å². The number of ether oxygens (including phenoxy) is 1. The van der Waals surface area contributed by atoms with Gasteiger partial charge in [-0.2, -0.15) is 0 Å². The molecule has 1 saturated carbocycles. The van der Waals surface area contributed by atoms with Crippen LogP contribution in [0.15, 0.2) is 24.3 Å². The molecule has 1 spiro atoms. The zero-order chi connectivity index (χ0) is 14.0. The highest BCUT2D eigenvalue weighted by Gasteiger charge is 2.39. The van der Waals surface area contributed by atoms with Crippen LogP contribution in [0.5, 0.6) is 0 Å². The predicted octanol–water partition coefficient (Wildman–Crippen LogP) is 3.86. The molecule has 0 amide bonds. The second-order valence-electron chi connectivity index (χ2n) is 6.70. The van der Waals surface area contributed by atoms with E-state index in [1.807, 2.05) is 0 Å². The van der Waals surface area contributed by atoms with Gasteiger partial charge < -0.3 is 10.1 Å². The van der Waals surface area contributed by atoms with Crippen molar-refractivity contribution in [2.75, 3.05) is 13.1 Å². The molecule has 1 unspecified atom stereocenters. The second-order valence-corrected chi connectivity index (χ2v) is 6.70. The highest BCUT2D eigenvalue weighted by molar-refractivity contribution is 5.25. The third-order valence-electron chi connectivity index (χ3n) is 5.11. The fourth-order valence-corrected chi connectivity index (χ4v) is 3.55. The van der Waals surface area contributed by atoms with E-state index < -0.39 is 0 Å². The minimum atomic E-state index is 0.0961. The zero-order valence-corrected chi connectivity index (χ0v) is 12.8. The first-order chi connectivity index (χ1) is 9.71. The quantitative estimate of drug-likeness (QED) is 0.883. The molecule has 2 nitrogen and oxygen atoms in total. The highest BCUT2D eigenvalue weighted by Crippen LogP contribution is 2.39. The molecule has 0 bridgehead atoms. The second kappa shape index (κ2) is 5.87. The van der Waals surface area contributed by atoms with E-state index in [4.69, 9.17) is 4.74 Å². The molecule has 1 saturated heterocycles. The number of nitrogens with one attached hydrogen (secondary N) is 1. The van der Waals surface area contributed by atoms with E-state index in [1.54, 1.807) is 0 Å². The average Bonchev–Trinajstić information content (AvgIpc) is 2.51. The molecule has 20 heavy (non-hydrogen) atoms. The Morgan fingerprint density at radius 1 is 1.20 bits per heavy atom. The van der Waals surface area contributed by atoms with Crippen LogP contribution in [0.2, 0.25) is 0 Å². The fraction of sp³-hybridized carbons (Fsp3) is 0.667. The molecule has 0 radical (unpaired) electrons. The molecule has 1 aromatic carbocycles. The molecule has 1 heterocycles. The number of benzene rings is 1. The van der Waals surface area contributed by atoms with Gasteiger partial charge in [0.25, 0.3) is 0 Å². The van der Waals surface area contributed by atoms with Crippen molar-refractivity contribution >= 4 is 0 Å². The Hall–Kier alpha value is -0.860. The molecule has 1 atom stereocenters. The van der Waals surface area contributed by atoms with Gasteiger partial charge in [0.15, 0.2) is 0 Å². The molecule has 110 valence electrons. The SMILES string of the molecule is CCc1ccc(C2CNCC3(CCC(C)CC3)O2)cc1. The largest absolute Gasteiger partial charge is 0.364 e. The lowest BCUT2D eigenvalue weighted by atomic mass is 9.78. The standard InChI is InChI=1S/C18H27NO/c1-3-15-4-6-16(7-5-15)17-12-19-13-18(20-17)10-8-14(2)9-11-18/h4-7,14,17,19H,3,8-13H2,1-2H3. The molecule has 2 heteroatoms. The van der Waals surface area contributed by atoms with E-state index in [0.717, 1.165) is 25.4 Å². The first kappa shape index (κ1) is 14.1. The van der Waals surface area contributed by atoms with Crippen LogP contribution >= 0.6 is 0 Å². The van der Waals surface area contributed by atoms with Gasteiger partial charge in [0.1, 0.15) is 0 Å². The lowest BCUT2D eigenvalue weighted by Crippen LogP contribution is -2.52. The van der Waals surface area contributed by atoms with Crippen molar-refractivity contribution in [1.82, 2.24) is 5.32 Å². The van der Waals surface area contributed by atoms with Crippen LogP contribution in [0.1, 0.15) is 56.8 Å². The summed E-state index contributed by atoms with van der Waals surface area (Å²) in [5, 5.41) is 3.61. The van der Waals surface area contributed by atoms with Crippen molar-refractivity contribution < 1.29 is 4.74 Å². The Bertz CT molecular complexity index is 431. The molecular formula is C18H27NO. The third kappa shape index (κ3) is 2.91. The molecule has 1 aliphatic carbocycles. The maximum Gasteiger partial charge on any atom is 0.0957 e. The summed E-state index contributed by atoms with van der Waals surface area (Å²) < 4.78 is 6.56. The molecule has 2 fully saturated rings. The van der Waals surface area contributed by atoms with Gasteiger partial charge in [-0.15, -0.1) is 0 Å². The average molecular weight is 273 g/mol. The Morgan fingerprint density at radius 2 is 1.90 bits per heavy atom. The topological polar surface area (TPSA) is 21.3 Å². The summed E-state index contributed by atoms with van der Waals surface area (Å²) in [6.45, 7) is 6.54. The molecule has 1 aromatic rings.